The number of hydrogen-bond acceptors (Lipinski definition) is 0. The van der Waals surface area contributed by atoms with Crippen molar-refractivity contribution >= 4 is 109 Å². The molecule has 0 atom stereocenters. The molecule has 6 heterocycles. The van der Waals surface area contributed by atoms with Gasteiger partial charge in [-0.25, -0.2) is 0 Å². The number of hydrogen-bond donors (Lipinski definition) is 0. The lowest BCUT2D eigenvalue weighted by atomic mass is 9.98. The first-order chi connectivity index (χ1) is 32.0. The molecule has 0 fully saturated rings. The summed E-state index contributed by atoms with van der Waals surface area (Å²) in [5.41, 5.74) is 20.5. The molecule has 0 saturated heterocycles. The highest BCUT2D eigenvalue weighted by Gasteiger charge is 2.27. The number of fused-ring (bicyclic) bond motifs is 17. The maximum atomic E-state index is 2.60. The Bertz CT molecular complexity index is 3930. The van der Waals surface area contributed by atoms with Crippen LogP contribution >= 0.6 is 0 Å². The fraction of sp³-hybridized carbons (Fsp3) is 0.194. The van der Waals surface area contributed by atoms with Gasteiger partial charge >= 0.3 is 0 Å². The van der Waals surface area contributed by atoms with Crippen LogP contribution in [0.1, 0.15) is 101 Å². The topological polar surface area (TPSA) is 18.7 Å². The Labute approximate surface area is 383 Å². The molecule has 0 bridgehead atoms. The minimum atomic E-state index is 0.455. The maximum absolute atomic E-state index is 2.60. The lowest BCUT2D eigenvalue weighted by Gasteiger charge is -2.11. The Balaban J connectivity index is 1.06. The average Bonchev–Trinajstić information content (AvgIpc) is 4.15. The molecule has 320 valence electrons. The number of para-hydroxylation sites is 2. The summed E-state index contributed by atoms with van der Waals surface area (Å²) in [6.07, 6.45) is 0. The van der Waals surface area contributed by atoms with Crippen molar-refractivity contribution in [3.05, 3.63) is 168 Å². The second-order valence-corrected chi connectivity index (χ2v) is 20.6. The molecule has 0 aliphatic carbocycles. The number of rotatable bonds is 6. The summed E-state index contributed by atoms with van der Waals surface area (Å²) in [5, 5.41) is 13.1. The molecule has 0 aliphatic rings. The summed E-state index contributed by atoms with van der Waals surface area (Å²) in [7, 11) is 0. The molecule has 4 heteroatoms. The first-order valence-electron chi connectivity index (χ1n) is 24.1. The van der Waals surface area contributed by atoms with E-state index in [-0.39, 0.29) is 0 Å². The second-order valence-electron chi connectivity index (χ2n) is 20.6. The number of nitrogens with zero attached hydrogens (tertiary/aromatic N) is 4. The molecule has 14 aromatic rings. The fourth-order valence-corrected chi connectivity index (χ4v) is 12.1. The zero-order chi connectivity index (χ0) is 44.6. The second kappa shape index (κ2) is 13.2. The third-order valence-electron chi connectivity index (χ3n) is 15.5. The van der Waals surface area contributed by atoms with E-state index in [1.54, 1.807) is 0 Å². The van der Waals surface area contributed by atoms with E-state index in [1.807, 2.05) is 0 Å². The Hall–Kier alpha value is -7.30. The van der Waals surface area contributed by atoms with Crippen LogP contribution in [0.25, 0.3) is 120 Å². The van der Waals surface area contributed by atoms with Crippen molar-refractivity contribution in [2.24, 2.45) is 0 Å². The zero-order valence-corrected chi connectivity index (χ0v) is 39.0. The predicted molar refractivity (Wildman–Crippen MR) is 283 cm³/mol. The maximum Gasteiger partial charge on any atom is 0.0804 e. The summed E-state index contributed by atoms with van der Waals surface area (Å²) >= 11 is 0. The molecule has 4 nitrogen and oxygen atoms in total. The lowest BCUT2D eigenvalue weighted by Crippen LogP contribution is -1.95. The van der Waals surface area contributed by atoms with E-state index in [1.165, 1.54) is 143 Å². The van der Waals surface area contributed by atoms with Gasteiger partial charge in [-0.3, -0.25) is 0 Å². The zero-order valence-electron chi connectivity index (χ0n) is 39.0. The molecule has 0 spiro atoms. The molecule has 0 saturated carbocycles. The van der Waals surface area contributed by atoms with Crippen LogP contribution in [0.3, 0.4) is 0 Å². The van der Waals surface area contributed by atoms with Crippen LogP contribution in [0.15, 0.2) is 146 Å². The SMILES string of the molecule is CC(C)c1ccc2c(c1)c1cc(C(C)C)ccc1n2-c1ccc2c3cccc4c3n(c2c1)c1c2cccc3c5ccc(-n6c7ccc(C(C)C)cc7c7cc(C(C)C)ccc76)cc5n(c32)c41. The van der Waals surface area contributed by atoms with Crippen LogP contribution < -0.4 is 0 Å². The summed E-state index contributed by atoms with van der Waals surface area (Å²) in [6.45, 7) is 18.4. The standard InChI is InChI=1S/C62H52N4/c1-33(2)37-15-23-53-49(27-37)50-28-38(34(3)4)16-24-54(50)63(53)41-19-21-43-45-11-9-13-47-59(45)65(57(43)31-41)61-48-14-10-12-46-44-22-20-42(32-58(44)66(60(46)48)62(47)61)64-55-25-17-39(35(5)6)29-51(55)52-30-40(36(7)8)18-26-56(52)64/h9-36H,1-8H3. The smallest absolute Gasteiger partial charge is 0.0804 e. The molecule has 0 amide bonds. The summed E-state index contributed by atoms with van der Waals surface area (Å²) < 4.78 is 10.2. The van der Waals surface area contributed by atoms with Crippen molar-refractivity contribution in [3.63, 3.8) is 0 Å². The van der Waals surface area contributed by atoms with Crippen molar-refractivity contribution in [1.82, 2.24) is 17.9 Å². The molecule has 66 heavy (non-hydrogen) atoms. The third kappa shape index (κ3) is 4.84. The Kier molecular flexibility index (Phi) is 7.58. The molecule has 14 rings (SSSR count). The molecule has 6 aromatic heterocycles. The van der Waals surface area contributed by atoms with E-state index < -0.39 is 0 Å². The molecule has 0 N–H and O–H groups in total. The van der Waals surface area contributed by atoms with Gasteiger partial charge in [0.2, 0.25) is 0 Å². The van der Waals surface area contributed by atoms with E-state index >= 15 is 0 Å². The van der Waals surface area contributed by atoms with E-state index in [0.29, 0.717) is 23.7 Å². The summed E-state index contributed by atoms with van der Waals surface area (Å²) in [5.74, 6) is 1.82. The quantitative estimate of drug-likeness (QED) is 0.159. The van der Waals surface area contributed by atoms with Crippen molar-refractivity contribution in [2.75, 3.05) is 0 Å². The molecule has 0 aliphatic heterocycles. The van der Waals surface area contributed by atoms with Crippen LogP contribution in [-0.2, 0) is 0 Å². The van der Waals surface area contributed by atoms with Gasteiger partial charge in [-0.15, -0.1) is 0 Å². The fourth-order valence-electron chi connectivity index (χ4n) is 12.1. The highest BCUT2D eigenvalue weighted by Crippen LogP contribution is 2.48. The number of aromatic nitrogens is 4. The van der Waals surface area contributed by atoms with Crippen molar-refractivity contribution in [2.45, 2.75) is 79.1 Å². The highest BCUT2D eigenvalue weighted by molar-refractivity contribution is 6.32. The van der Waals surface area contributed by atoms with Gasteiger partial charge < -0.3 is 17.9 Å². The van der Waals surface area contributed by atoms with Crippen LogP contribution in [0.4, 0.5) is 0 Å². The van der Waals surface area contributed by atoms with Crippen molar-refractivity contribution < 1.29 is 0 Å². The van der Waals surface area contributed by atoms with Crippen molar-refractivity contribution in [3.8, 4) is 11.4 Å². The van der Waals surface area contributed by atoms with Gasteiger partial charge in [0.15, 0.2) is 0 Å². The molecule has 8 aromatic carbocycles. The average molecular weight is 853 g/mol. The Morgan fingerprint density at radius 3 is 0.894 bits per heavy atom. The Morgan fingerprint density at radius 2 is 0.576 bits per heavy atom. The largest absolute Gasteiger partial charge is 0.309 e. The monoisotopic (exact) mass is 852 g/mol. The van der Waals surface area contributed by atoms with Crippen LogP contribution in [-0.4, -0.2) is 17.9 Å². The first-order valence-corrected chi connectivity index (χ1v) is 24.1. The van der Waals surface area contributed by atoms with Gasteiger partial charge in [-0.2, -0.15) is 0 Å². The first kappa shape index (κ1) is 38.0. The molecular weight excluding hydrogens is 801 g/mol. The normalized spacial score (nSPS) is 13.1. The van der Waals surface area contributed by atoms with Crippen LogP contribution in [0.2, 0.25) is 0 Å². The minimum Gasteiger partial charge on any atom is -0.309 e. The van der Waals surface area contributed by atoms with Crippen LogP contribution in [0, 0.1) is 0 Å². The van der Waals surface area contributed by atoms with E-state index in [0.717, 1.165) is 0 Å². The van der Waals surface area contributed by atoms with E-state index in [2.05, 4.69) is 219 Å². The van der Waals surface area contributed by atoms with E-state index in [4.69, 9.17) is 0 Å². The lowest BCUT2D eigenvalue weighted by molar-refractivity contribution is 0.868. The third-order valence-corrected chi connectivity index (χ3v) is 15.5. The molecule has 0 radical (unpaired) electrons. The van der Waals surface area contributed by atoms with Gasteiger partial charge in [0, 0.05) is 65.2 Å². The molecular formula is C62H52N4. The summed E-state index contributed by atoms with van der Waals surface area (Å²) in [6, 6.07) is 56.7. The molecule has 0 unspecified atom stereocenters. The van der Waals surface area contributed by atoms with Gasteiger partial charge in [-0.1, -0.05) is 128 Å². The summed E-state index contributed by atoms with van der Waals surface area (Å²) in [4.78, 5) is 0. The minimum absolute atomic E-state index is 0.455. The van der Waals surface area contributed by atoms with Crippen LogP contribution in [0.5, 0.6) is 0 Å². The van der Waals surface area contributed by atoms with Gasteiger partial charge in [-0.05, 0) is 119 Å². The van der Waals surface area contributed by atoms with Gasteiger partial charge in [0.05, 0.1) is 55.2 Å². The highest BCUT2D eigenvalue weighted by atomic mass is 15.0. The number of benzene rings is 8. The van der Waals surface area contributed by atoms with Gasteiger partial charge in [0.1, 0.15) is 0 Å². The van der Waals surface area contributed by atoms with Crippen molar-refractivity contribution in [1.29, 1.82) is 0 Å². The Morgan fingerprint density at radius 1 is 0.258 bits per heavy atom. The van der Waals surface area contributed by atoms with Gasteiger partial charge in [0.25, 0.3) is 0 Å². The van der Waals surface area contributed by atoms with E-state index in [9.17, 15) is 0 Å². The predicted octanol–water partition coefficient (Wildman–Crippen LogP) is 17.5.